The van der Waals surface area contributed by atoms with Gasteiger partial charge in [0.1, 0.15) is 5.65 Å². The molecule has 0 bridgehead atoms. The maximum atomic E-state index is 13.6. The van der Waals surface area contributed by atoms with Crippen molar-refractivity contribution in [2.45, 2.75) is 97.3 Å². The number of aromatic nitrogens is 3. The minimum absolute atomic E-state index is 0.0355. The number of hydrogen-bond donors (Lipinski definition) is 2. The fourth-order valence-corrected chi connectivity index (χ4v) is 6.29. The number of carbonyl (C=O) groups excluding carboxylic acids is 2. The molecule has 1 spiro atoms. The highest BCUT2D eigenvalue weighted by atomic mass is 16.3. The first kappa shape index (κ1) is 27.4. The van der Waals surface area contributed by atoms with E-state index >= 15 is 0 Å². The molecule has 2 aromatic heterocycles. The van der Waals surface area contributed by atoms with Crippen LogP contribution in [0.15, 0.2) is 10.9 Å². The monoisotopic (exact) mass is 538 g/mol. The second kappa shape index (κ2) is 10.4. The molecule has 39 heavy (non-hydrogen) atoms. The predicted molar refractivity (Wildman–Crippen MR) is 150 cm³/mol. The number of likely N-dealkylation sites (tertiary alicyclic amines) is 2. The van der Waals surface area contributed by atoms with Gasteiger partial charge in [0.15, 0.2) is 5.56 Å². The van der Waals surface area contributed by atoms with Crippen molar-refractivity contribution in [3.63, 3.8) is 0 Å². The van der Waals surface area contributed by atoms with Gasteiger partial charge in [-0.15, -0.1) is 0 Å². The van der Waals surface area contributed by atoms with Crippen molar-refractivity contribution in [2.75, 3.05) is 19.6 Å². The molecule has 2 aliphatic heterocycles. The van der Waals surface area contributed by atoms with Gasteiger partial charge >= 0.3 is 0 Å². The van der Waals surface area contributed by atoms with Crippen molar-refractivity contribution >= 4 is 23.5 Å². The van der Waals surface area contributed by atoms with Gasteiger partial charge in [-0.05, 0) is 71.3 Å². The summed E-state index contributed by atoms with van der Waals surface area (Å²) in [5, 5.41) is 18.4. The molecule has 2 saturated heterocycles. The van der Waals surface area contributed by atoms with Crippen molar-refractivity contribution in [3.05, 3.63) is 33.3 Å². The maximum Gasteiger partial charge on any atom is 0.291 e. The summed E-state index contributed by atoms with van der Waals surface area (Å²) in [5.41, 5.74) is 0.478. The zero-order valence-corrected chi connectivity index (χ0v) is 23.9. The van der Waals surface area contributed by atoms with Crippen molar-refractivity contribution < 1.29 is 14.7 Å². The number of aryl methyl sites for hydroxylation is 1. The molecule has 0 aromatic carbocycles. The SMILES string of the molecule is Cc1nn2c(=O)c(C(=O)NC3CC3)c(O)n(CC(C)C)c2c1C=CC(=O)N1CCCC12CCN(C(C)C)CC2. The van der Waals surface area contributed by atoms with E-state index in [4.69, 9.17) is 0 Å². The van der Waals surface area contributed by atoms with Gasteiger partial charge in [-0.1, -0.05) is 13.8 Å². The quantitative estimate of drug-likeness (QED) is 0.525. The molecule has 3 fully saturated rings. The molecule has 212 valence electrons. The molecule has 2 aromatic rings. The van der Waals surface area contributed by atoms with Crippen LogP contribution in [-0.4, -0.2) is 78.2 Å². The molecule has 4 heterocycles. The van der Waals surface area contributed by atoms with Gasteiger partial charge in [0, 0.05) is 55.4 Å². The summed E-state index contributed by atoms with van der Waals surface area (Å²) in [6.07, 6.45) is 9.03. The van der Waals surface area contributed by atoms with E-state index in [0.717, 1.165) is 58.2 Å². The lowest BCUT2D eigenvalue weighted by Gasteiger charge is -2.45. The summed E-state index contributed by atoms with van der Waals surface area (Å²) in [6.45, 7) is 13.3. The molecule has 2 amide bonds. The fourth-order valence-electron chi connectivity index (χ4n) is 6.29. The summed E-state index contributed by atoms with van der Waals surface area (Å²) in [5.74, 6) is -0.860. The third kappa shape index (κ3) is 5.11. The van der Waals surface area contributed by atoms with Crippen LogP contribution in [0.5, 0.6) is 5.88 Å². The van der Waals surface area contributed by atoms with E-state index in [2.05, 4.69) is 29.2 Å². The number of piperidine rings is 1. The maximum absolute atomic E-state index is 13.6. The summed E-state index contributed by atoms with van der Waals surface area (Å²) >= 11 is 0. The molecule has 10 heteroatoms. The topological polar surface area (TPSA) is 112 Å². The van der Waals surface area contributed by atoms with E-state index in [9.17, 15) is 19.5 Å². The van der Waals surface area contributed by atoms with Crippen molar-refractivity contribution in [1.82, 2.24) is 29.3 Å². The zero-order valence-electron chi connectivity index (χ0n) is 23.9. The summed E-state index contributed by atoms with van der Waals surface area (Å²) in [7, 11) is 0. The van der Waals surface area contributed by atoms with Gasteiger partial charge in [-0.25, -0.2) is 0 Å². The van der Waals surface area contributed by atoms with E-state index in [1.165, 1.54) is 4.52 Å². The Morgan fingerprint density at radius 1 is 1.13 bits per heavy atom. The number of aromatic hydroxyl groups is 1. The largest absolute Gasteiger partial charge is 0.494 e. The smallest absolute Gasteiger partial charge is 0.291 e. The Hall–Kier alpha value is -3.14. The Labute approximate surface area is 229 Å². The molecule has 1 saturated carbocycles. The van der Waals surface area contributed by atoms with E-state index in [-0.39, 0.29) is 34.8 Å². The molecule has 1 aliphatic carbocycles. The highest BCUT2D eigenvalue weighted by Gasteiger charge is 2.45. The number of hydrogen-bond acceptors (Lipinski definition) is 6. The number of carbonyl (C=O) groups is 2. The van der Waals surface area contributed by atoms with Gasteiger partial charge in [0.25, 0.3) is 11.5 Å². The van der Waals surface area contributed by atoms with Crippen molar-refractivity contribution in [2.24, 2.45) is 5.92 Å². The van der Waals surface area contributed by atoms with Crippen molar-refractivity contribution in [3.8, 4) is 5.88 Å². The number of rotatable bonds is 7. The van der Waals surface area contributed by atoms with Gasteiger partial charge in [0.05, 0.1) is 5.69 Å². The van der Waals surface area contributed by atoms with Crippen LogP contribution in [0, 0.1) is 12.8 Å². The molecular weight excluding hydrogens is 496 g/mol. The number of fused-ring (bicyclic) bond motifs is 1. The van der Waals surface area contributed by atoms with Gasteiger partial charge in [0.2, 0.25) is 11.8 Å². The number of nitrogens with zero attached hydrogens (tertiary/aromatic N) is 5. The van der Waals surface area contributed by atoms with Crippen LogP contribution in [0.2, 0.25) is 0 Å². The predicted octanol–water partition coefficient (Wildman–Crippen LogP) is 2.94. The lowest BCUT2D eigenvalue weighted by atomic mass is 9.84. The average Bonchev–Trinajstić information content (AvgIpc) is 3.50. The Morgan fingerprint density at radius 2 is 1.82 bits per heavy atom. The lowest BCUT2D eigenvalue weighted by molar-refractivity contribution is -0.131. The van der Waals surface area contributed by atoms with Crippen molar-refractivity contribution in [1.29, 1.82) is 0 Å². The molecule has 2 N–H and O–H groups in total. The van der Waals surface area contributed by atoms with Crippen LogP contribution in [0.3, 0.4) is 0 Å². The summed E-state index contributed by atoms with van der Waals surface area (Å²) < 4.78 is 2.78. The standard InChI is InChI=1S/C29H42N6O4/c1-18(2)17-33-26-22(20(5)31-35(26)28(39)24(27(33)38)25(37)30-21-7-8-21)9-10-23(36)34-14-6-11-29(34)12-15-32(16-13-29)19(3)4/h9-10,18-19,21,38H,6-8,11-17H2,1-5H3,(H,30,37). The minimum Gasteiger partial charge on any atom is -0.494 e. The van der Waals surface area contributed by atoms with Crippen LogP contribution >= 0.6 is 0 Å². The highest BCUT2D eigenvalue weighted by Crippen LogP contribution is 2.39. The molecule has 10 nitrogen and oxygen atoms in total. The second-order valence-electron chi connectivity index (χ2n) is 12.3. The molecule has 0 atom stereocenters. The third-order valence-electron chi connectivity index (χ3n) is 8.62. The molecule has 0 radical (unpaired) electrons. The normalized spacial score (nSPS) is 19.8. The lowest BCUT2D eigenvalue weighted by Crippen LogP contribution is -2.54. The van der Waals surface area contributed by atoms with E-state index in [0.29, 0.717) is 29.5 Å². The second-order valence-corrected chi connectivity index (χ2v) is 12.3. The Balaban J connectivity index is 1.49. The number of nitrogens with one attached hydrogen (secondary N) is 1. The first-order chi connectivity index (χ1) is 18.5. The first-order valence-corrected chi connectivity index (χ1v) is 14.4. The third-order valence-corrected chi connectivity index (χ3v) is 8.62. The van der Waals surface area contributed by atoms with Crippen LogP contribution in [0.4, 0.5) is 0 Å². The average molecular weight is 539 g/mol. The van der Waals surface area contributed by atoms with E-state index in [1.807, 2.05) is 18.7 Å². The molecule has 5 rings (SSSR count). The van der Waals surface area contributed by atoms with Gasteiger partial charge in [-0.2, -0.15) is 9.61 Å². The van der Waals surface area contributed by atoms with Crippen LogP contribution < -0.4 is 10.9 Å². The van der Waals surface area contributed by atoms with E-state index in [1.54, 1.807) is 23.6 Å². The van der Waals surface area contributed by atoms with Gasteiger partial charge in [-0.3, -0.25) is 19.0 Å². The number of amides is 2. The Bertz CT molecular complexity index is 1360. The van der Waals surface area contributed by atoms with Crippen LogP contribution in [-0.2, 0) is 11.3 Å². The zero-order chi connectivity index (χ0) is 28.1. The summed E-state index contributed by atoms with van der Waals surface area (Å²) in [4.78, 5) is 44.3. The van der Waals surface area contributed by atoms with Gasteiger partial charge < -0.3 is 20.2 Å². The van der Waals surface area contributed by atoms with Crippen LogP contribution in [0.25, 0.3) is 11.7 Å². The molecule has 3 aliphatic rings. The fraction of sp³-hybridized carbons (Fsp3) is 0.655. The molecule has 0 unspecified atom stereocenters. The summed E-state index contributed by atoms with van der Waals surface area (Å²) in [6, 6.07) is 0.549. The minimum atomic E-state index is -0.662. The molecular formula is C29H42N6O4. The van der Waals surface area contributed by atoms with Crippen LogP contribution in [0.1, 0.15) is 87.8 Å². The van der Waals surface area contributed by atoms with E-state index < -0.39 is 11.5 Å². The first-order valence-electron chi connectivity index (χ1n) is 14.4. The Kier molecular flexibility index (Phi) is 7.35. The Morgan fingerprint density at radius 3 is 2.44 bits per heavy atom. The highest BCUT2D eigenvalue weighted by molar-refractivity contribution is 5.97.